The SMILES string of the molecule is O=C(/C=C(\[O-])c1ccc(C(F)(F)F)c(C(F)(F)F)c1)C1(C(F)(F)F)C(F)(F)C(F)(F)C(F)(F)C1(F)F. The molecule has 1 aliphatic carbocycles. The third-order valence-corrected chi connectivity index (χ3v) is 5.10. The Hall–Kier alpha value is -2.76. The topological polar surface area (TPSA) is 40.1 Å². The van der Waals surface area contributed by atoms with Crippen molar-refractivity contribution >= 4 is 11.5 Å². The second kappa shape index (κ2) is 7.62. The Morgan fingerprint density at radius 3 is 1.39 bits per heavy atom. The normalized spacial score (nSPS) is 23.0. The second-order valence-corrected chi connectivity index (χ2v) is 7.17. The summed E-state index contributed by atoms with van der Waals surface area (Å²) in [6.07, 6.45) is -20.9. The quantitative estimate of drug-likeness (QED) is 0.254. The van der Waals surface area contributed by atoms with Crippen LogP contribution < -0.4 is 5.11 Å². The van der Waals surface area contributed by atoms with Crippen molar-refractivity contribution in [1.82, 2.24) is 0 Å². The lowest BCUT2D eigenvalue weighted by molar-refractivity contribution is -0.341. The fourth-order valence-electron chi connectivity index (χ4n) is 3.36. The third-order valence-electron chi connectivity index (χ3n) is 5.10. The van der Waals surface area contributed by atoms with Crippen molar-refractivity contribution in [2.75, 3.05) is 0 Å². The number of hydrogen-bond donors (Lipinski definition) is 0. The van der Waals surface area contributed by atoms with Crippen molar-refractivity contribution in [1.29, 1.82) is 0 Å². The van der Waals surface area contributed by atoms with Crippen LogP contribution in [0, 0.1) is 5.41 Å². The van der Waals surface area contributed by atoms with Gasteiger partial charge in [-0.25, -0.2) is 0 Å². The van der Waals surface area contributed by atoms with E-state index >= 15 is 0 Å². The van der Waals surface area contributed by atoms with Crippen LogP contribution in [-0.4, -0.2) is 35.6 Å². The summed E-state index contributed by atoms with van der Waals surface area (Å²) in [6.45, 7) is 0. The van der Waals surface area contributed by atoms with Gasteiger partial charge in [0.05, 0.1) is 11.1 Å². The molecule has 36 heavy (non-hydrogen) atoms. The molecule has 1 saturated carbocycles. The highest BCUT2D eigenvalue weighted by atomic mass is 19.4. The Labute approximate surface area is 186 Å². The molecule has 1 aromatic rings. The van der Waals surface area contributed by atoms with E-state index in [1.54, 1.807) is 0 Å². The zero-order valence-electron chi connectivity index (χ0n) is 16.1. The highest BCUT2D eigenvalue weighted by Gasteiger charge is 3.06. The van der Waals surface area contributed by atoms with E-state index in [0.29, 0.717) is 0 Å². The van der Waals surface area contributed by atoms with Crippen LogP contribution in [0.1, 0.15) is 16.7 Å². The molecule has 1 fully saturated rings. The first-order valence-electron chi connectivity index (χ1n) is 8.44. The number of allylic oxidation sites excluding steroid dienone is 1. The number of carbonyl (C=O) groups excluding carboxylic acids is 1. The lowest BCUT2D eigenvalue weighted by Crippen LogP contribution is -2.64. The fraction of sp³-hybridized carbons (Fsp3) is 0.471. The molecule has 0 aromatic heterocycles. The Kier molecular flexibility index (Phi) is 6.24. The molecule has 1 aliphatic rings. The fourth-order valence-corrected chi connectivity index (χ4v) is 3.36. The molecule has 0 aliphatic heterocycles. The van der Waals surface area contributed by atoms with Crippen LogP contribution in [0.5, 0.6) is 0 Å². The minimum absolute atomic E-state index is 0.265. The molecule has 2 nitrogen and oxygen atoms in total. The summed E-state index contributed by atoms with van der Waals surface area (Å²) in [6, 6.07) is -1.56. The third kappa shape index (κ3) is 3.51. The van der Waals surface area contributed by atoms with Gasteiger partial charge in [0, 0.05) is 0 Å². The average Bonchev–Trinajstić information content (AvgIpc) is 2.70. The van der Waals surface area contributed by atoms with Gasteiger partial charge in [0.15, 0.2) is 5.78 Å². The molecule has 0 unspecified atom stereocenters. The second-order valence-electron chi connectivity index (χ2n) is 7.17. The summed E-state index contributed by atoms with van der Waals surface area (Å²) < 4.78 is 227. The summed E-state index contributed by atoms with van der Waals surface area (Å²) in [5.74, 6) is -37.2. The van der Waals surface area contributed by atoms with E-state index in [1.165, 1.54) is 0 Å². The predicted octanol–water partition coefficient (Wildman–Crippen LogP) is 6.10. The monoisotopic (exact) mass is 563 g/mol. The maximum atomic E-state index is 14.0. The van der Waals surface area contributed by atoms with Gasteiger partial charge >= 0.3 is 42.2 Å². The zero-order valence-corrected chi connectivity index (χ0v) is 16.1. The minimum atomic E-state index is -7.64. The van der Waals surface area contributed by atoms with E-state index in [4.69, 9.17) is 0 Å². The van der Waals surface area contributed by atoms with Gasteiger partial charge in [-0.1, -0.05) is 11.8 Å². The molecule has 1 aromatic carbocycles. The molecule has 0 N–H and O–H groups in total. The summed E-state index contributed by atoms with van der Waals surface area (Å²) in [5.41, 5.74) is -14.4. The first-order chi connectivity index (χ1) is 15.6. The maximum absolute atomic E-state index is 14.0. The summed E-state index contributed by atoms with van der Waals surface area (Å²) in [7, 11) is 0. The summed E-state index contributed by atoms with van der Waals surface area (Å²) in [5, 5.41) is 11.9. The number of ketones is 1. The summed E-state index contributed by atoms with van der Waals surface area (Å²) in [4.78, 5) is 11.9. The largest absolute Gasteiger partial charge is 0.872 e. The number of alkyl halides is 17. The van der Waals surface area contributed by atoms with Crippen LogP contribution >= 0.6 is 0 Å². The Balaban J connectivity index is 2.84. The van der Waals surface area contributed by atoms with Crippen molar-refractivity contribution < 1.29 is 84.5 Å². The Morgan fingerprint density at radius 2 is 1.06 bits per heavy atom. The Morgan fingerprint density at radius 1 is 0.667 bits per heavy atom. The van der Waals surface area contributed by atoms with Gasteiger partial charge in [-0.2, -0.15) is 74.6 Å². The molecular formula is C17H4F17O2-. The van der Waals surface area contributed by atoms with E-state index in [2.05, 4.69) is 0 Å². The van der Waals surface area contributed by atoms with Crippen molar-refractivity contribution in [2.45, 2.75) is 42.2 Å². The molecule has 0 spiro atoms. The first kappa shape index (κ1) is 29.5. The van der Waals surface area contributed by atoms with Gasteiger partial charge in [0.1, 0.15) is 0 Å². The lowest BCUT2D eigenvalue weighted by atomic mass is 9.74. The van der Waals surface area contributed by atoms with Crippen LogP contribution in [0.4, 0.5) is 74.6 Å². The molecule has 0 atom stereocenters. The van der Waals surface area contributed by atoms with E-state index in [9.17, 15) is 84.5 Å². The van der Waals surface area contributed by atoms with Gasteiger partial charge < -0.3 is 5.11 Å². The zero-order chi connectivity index (χ0) is 28.7. The average molecular weight is 563 g/mol. The smallest absolute Gasteiger partial charge is 0.417 e. The molecule has 2 rings (SSSR count). The van der Waals surface area contributed by atoms with Crippen LogP contribution in [0.2, 0.25) is 0 Å². The van der Waals surface area contributed by atoms with Crippen molar-refractivity contribution in [3.05, 3.63) is 41.0 Å². The highest BCUT2D eigenvalue weighted by molar-refractivity contribution is 6.02. The molecular weight excluding hydrogens is 559 g/mol. The first-order valence-corrected chi connectivity index (χ1v) is 8.44. The van der Waals surface area contributed by atoms with E-state index < -0.39 is 94.1 Å². The van der Waals surface area contributed by atoms with E-state index in [1.807, 2.05) is 0 Å². The minimum Gasteiger partial charge on any atom is -0.872 e. The molecule has 0 radical (unpaired) electrons. The number of carbonyl (C=O) groups is 1. The highest BCUT2D eigenvalue weighted by Crippen LogP contribution is 2.75. The standard InChI is InChI=1S/C17H5F17O2/c18-11(19,20)6-2-1-5(3-7(6)12(21,22)23)8(35)4-9(36)10(17(32,33)34)13(24,25)15(28,29)16(30,31)14(10,26)27/h1-4,35H/p-1/b8-4-. The van der Waals surface area contributed by atoms with Crippen LogP contribution in [-0.2, 0) is 17.1 Å². The molecule has 204 valence electrons. The molecule has 19 heteroatoms. The molecule has 0 heterocycles. The number of halogens is 17. The van der Waals surface area contributed by atoms with Gasteiger partial charge in [0.25, 0.3) is 5.41 Å². The lowest BCUT2D eigenvalue weighted by Gasteiger charge is -2.37. The van der Waals surface area contributed by atoms with Gasteiger partial charge in [-0.05, 0) is 23.8 Å². The van der Waals surface area contributed by atoms with Gasteiger partial charge in [-0.15, -0.1) is 0 Å². The number of rotatable bonds is 3. The maximum Gasteiger partial charge on any atom is 0.417 e. The van der Waals surface area contributed by atoms with E-state index in [0.717, 1.165) is 0 Å². The molecule has 0 bridgehead atoms. The van der Waals surface area contributed by atoms with Gasteiger partial charge in [-0.3, -0.25) is 4.79 Å². The number of benzene rings is 1. The van der Waals surface area contributed by atoms with Crippen LogP contribution in [0.3, 0.4) is 0 Å². The van der Waals surface area contributed by atoms with Crippen LogP contribution in [0.15, 0.2) is 24.3 Å². The summed E-state index contributed by atoms with van der Waals surface area (Å²) >= 11 is 0. The van der Waals surface area contributed by atoms with E-state index in [-0.39, 0.29) is 6.07 Å². The van der Waals surface area contributed by atoms with Gasteiger partial charge in [0.2, 0.25) is 0 Å². The molecule has 0 saturated heterocycles. The predicted molar refractivity (Wildman–Crippen MR) is 77.7 cm³/mol. The molecule has 0 amide bonds. The van der Waals surface area contributed by atoms with Crippen LogP contribution in [0.25, 0.3) is 5.76 Å². The van der Waals surface area contributed by atoms with Crippen molar-refractivity contribution in [3.63, 3.8) is 0 Å². The Bertz CT molecular complexity index is 1060. The van der Waals surface area contributed by atoms with Crippen molar-refractivity contribution in [3.8, 4) is 0 Å². The van der Waals surface area contributed by atoms with Crippen molar-refractivity contribution in [2.24, 2.45) is 5.41 Å². The number of hydrogen-bond acceptors (Lipinski definition) is 2.